The Hall–Kier alpha value is -2.16. The summed E-state index contributed by atoms with van der Waals surface area (Å²) in [6.45, 7) is 2.01. The van der Waals surface area contributed by atoms with Crippen LogP contribution in [0.3, 0.4) is 0 Å². The van der Waals surface area contributed by atoms with E-state index in [1.165, 1.54) is 0 Å². The van der Waals surface area contributed by atoms with Gasteiger partial charge >= 0.3 is 5.97 Å². The molecule has 0 spiro atoms. The first-order valence-electron chi connectivity index (χ1n) is 10.8. The van der Waals surface area contributed by atoms with E-state index in [2.05, 4.69) is 4.90 Å². The molecule has 168 valence electrons. The molecule has 31 heavy (non-hydrogen) atoms. The Morgan fingerprint density at radius 2 is 1.84 bits per heavy atom. The van der Waals surface area contributed by atoms with Gasteiger partial charge in [-0.05, 0) is 45.4 Å². The van der Waals surface area contributed by atoms with E-state index in [1.807, 2.05) is 44.2 Å². The second kappa shape index (κ2) is 8.41. The molecule has 0 N–H and O–H groups in total. The van der Waals surface area contributed by atoms with E-state index >= 15 is 0 Å². The SMILES string of the molecule is CCOC(=O)[C@@H]1C(OS(=O)(=O)c2cccc3c(N(C)C)cccc23)C[C@@H]2CC[C@H]1N2C. The second-order valence-corrected chi connectivity index (χ2v) is 10.1. The van der Waals surface area contributed by atoms with Gasteiger partial charge in [0, 0.05) is 42.6 Å². The molecule has 2 heterocycles. The van der Waals surface area contributed by atoms with Crippen LogP contribution < -0.4 is 4.90 Å². The van der Waals surface area contributed by atoms with Crippen LogP contribution in [0.25, 0.3) is 10.8 Å². The van der Waals surface area contributed by atoms with Gasteiger partial charge in [0.1, 0.15) is 4.90 Å². The fourth-order valence-corrected chi connectivity index (χ4v) is 6.47. The number of hydrogen-bond acceptors (Lipinski definition) is 7. The molecule has 2 aromatic rings. The minimum absolute atomic E-state index is 0.0640. The maximum atomic E-state index is 13.4. The predicted octanol–water partition coefficient (Wildman–Crippen LogP) is 3.03. The smallest absolute Gasteiger partial charge is 0.313 e. The zero-order chi connectivity index (χ0) is 22.3. The topological polar surface area (TPSA) is 76.1 Å². The highest BCUT2D eigenvalue weighted by molar-refractivity contribution is 7.87. The van der Waals surface area contributed by atoms with Crippen LogP contribution in [0.2, 0.25) is 0 Å². The number of piperidine rings is 1. The van der Waals surface area contributed by atoms with Gasteiger partial charge in [-0.15, -0.1) is 0 Å². The lowest BCUT2D eigenvalue weighted by Gasteiger charge is -2.40. The number of anilines is 1. The second-order valence-electron chi connectivity index (χ2n) is 8.59. The quantitative estimate of drug-likeness (QED) is 0.499. The summed E-state index contributed by atoms with van der Waals surface area (Å²) in [4.78, 5) is 17.0. The van der Waals surface area contributed by atoms with E-state index in [0.29, 0.717) is 11.8 Å². The van der Waals surface area contributed by atoms with Crippen molar-refractivity contribution in [1.29, 1.82) is 0 Å². The molecule has 4 atom stereocenters. The summed E-state index contributed by atoms with van der Waals surface area (Å²) in [6.07, 6.45) is 1.52. The summed E-state index contributed by atoms with van der Waals surface area (Å²) in [5, 5.41) is 1.44. The molecule has 0 aliphatic carbocycles. The van der Waals surface area contributed by atoms with Crippen molar-refractivity contribution < 1.29 is 22.1 Å². The first-order chi connectivity index (χ1) is 14.7. The van der Waals surface area contributed by atoms with Gasteiger partial charge in [-0.1, -0.05) is 24.3 Å². The van der Waals surface area contributed by atoms with Crippen molar-refractivity contribution in [2.45, 2.75) is 49.3 Å². The highest BCUT2D eigenvalue weighted by atomic mass is 32.2. The van der Waals surface area contributed by atoms with Crippen molar-refractivity contribution in [1.82, 2.24) is 4.90 Å². The van der Waals surface area contributed by atoms with E-state index in [4.69, 9.17) is 8.92 Å². The number of ether oxygens (including phenoxy) is 1. The molecule has 4 rings (SSSR count). The van der Waals surface area contributed by atoms with Gasteiger partial charge in [0.25, 0.3) is 10.1 Å². The highest BCUT2D eigenvalue weighted by Gasteiger charge is 2.51. The van der Waals surface area contributed by atoms with Gasteiger partial charge in [0.15, 0.2) is 0 Å². The van der Waals surface area contributed by atoms with Crippen LogP contribution in [-0.2, 0) is 23.8 Å². The first-order valence-corrected chi connectivity index (χ1v) is 12.2. The number of carbonyl (C=O) groups excluding carboxylic acids is 1. The van der Waals surface area contributed by atoms with Gasteiger partial charge in [-0.25, -0.2) is 0 Å². The summed E-state index contributed by atoms with van der Waals surface area (Å²) >= 11 is 0. The van der Waals surface area contributed by atoms with E-state index in [1.54, 1.807) is 25.1 Å². The molecule has 2 aromatic carbocycles. The van der Waals surface area contributed by atoms with Crippen LogP contribution in [0.4, 0.5) is 5.69 Å². The predicted molar refractivity (Wildman–Crippen MR) is 120 cm³/mol. The third kappa shape index (κ3) is 3.92. The Balaban J connectivity index is 1.71. The minimum Gasteiger partial charge on any atom is -0.466 e. The molecule has 8 heteroatoms. The zero-order valence-electron chi connectivity index (χ0n) is 18.4. The van der Waals surface area contributed by atoms with Crippen molar-refractivity contribution >= 4 is 32.5 Å². The number of esters is 1. The lowest BCUT2D eigenvalue weighted by Crippen LogP contribution is -2.53. The summed E-state index contributed by atoms with van der Waals surface area (Å²) in [5.74, 6) is -1.00. The Kier molecular flexibility index (Phi) is 5.98. The summed E-state index contributed by atoms with van der Waals surface area (Å²) < 4.78 is 38.0. The van der Waals surface area contributed by atoms with E-state index in [0.717, 1.165) is 23.9 Å². The molecule has 2 aliphatic rings. The van der Waals surface area contributed by atoms with Crippen LogP contribution in [0.15, 0.2) is 41.3 Å². The molecule has 1 unspecified atom stereocenters. The normalized spacial score (nSPS) is 26.2. The average Bonchev–Trinajstić information content (AvgIpc) is 2.95. The fourth-order valence-electron chi connectivity index (χ4n) is 5.15. The maximum Gasteiger partial charge on any atom is 0.313 e. The van der Waals surface area contributed by atoms with E-state index < -0.39 is 22.1 Å². The molecule has 2 saturated heterocycles. The van der Waals surface area contributed by atoms with Crippen LogP contribution in [0.5, 0.6) is 0 Å². The highest BCUT2D eigenvalue weighted by Crippen LogP contribution is 2.41. The van der Waals surface area contributed by atoms with Crippen LogP contribution >= 0.6 is 0 Å². The van der Waals surface area contributed by atoms with E-state index in [9.17, 15) is 13.2 Å². The molecular formula is C23H30N2O5S. The molecule has 0 saturated carbocycles. The minimum atomic E-state index is -4.09. The van der Waals surface area contributed by atoms with Crippen molar-refractivity contribution in [2.24, 2.45) is 5.92 Å². The number of nitrogens with zero attached hydrogens (tertiary/aromatic N) is 2. The van der Waals surface area contributed by atoms with Crippen molar-refractivity contribution in [3.8, 4) is 0 Å². The summed E-state index contributed by atoms with van der Waals surface area (Å²) in [7, 11) is 1.74. The molecule has 2 aliphatic heterocycles. The standard InChI is InChI=1S/C23H30N2O5S/c1-5-29-23(26)22-19-13-12-15(25(19)4)14-20(22)30-31(27,28)21-11-7-8-16-17(21)9-6-10-18(16)24(2)3/h6-11,15,19-20,22H,5,12-14H2,1-4H3/t15-,19+,20?,22-/m0/s1. The first kappa shape index (κ1) is 22.0. The molecule has 0 amide bonds. The Morgan fingerprint density at radius 3 is 2.55 bits per heavy atom. The number of fused-ring (bicyclic) bond motifs is 3. The van der Waals surface area contributed by atoms with Crippen molar-refractivity contribution in [2.75, 3.05) is 32.6 Å². The largest absolute Gasteiger partial charge is 0.466 e. The lowest BCUT2D eigenvalue weighted by atomic mass is 9.88. The molecule has 7 nitrogen and oxygen atoms in total. The number of benzene rings is 2. The maximum absolute atomic E-state index is 13.4. The molecule has 0 radical (unpaired) electrons. The molecular weight excluding hydrogens is 416 g/mol. The van der Waals surface area contributed by atoms with Gasteiger partial charge in [0.05, 0.1) is 18.6 Å². The number of carbonyl (C=O) groups is 1. The molecule has 0 aromatic heterocycles. The summed E-state index contributed by atoms with van der Waals surface area (Å²) in [6, 6.07) is 10.9. The van der Waals surface area contributed by atoms with Gasteiger partial charge < -0.3 is 9.64 Å². The van der Waals surface area contributed by atoms with Gasteiger partial charge in [0.2, 0.25) is 0 Å². The van der Waals surface area contributed by atoms with E-state index in [-0.39, 0.29) is 29.6 Å². The fraction of sp³-hybridized carbons (Fsp3) is 0.522. The van der Waals surface area contributed by atoms with Crippen molar-refractivity contribution in [3.63, 3.8) is 0 Å². The lowest BCUT2D eigenvalue weighted by molar-refractivity contribution is -0.156. The molecule has 2 fully saturated rings. The van der Waals surface area contributed by atoms with Crippen molar-refractivity contribution in [3.05, 3.63) is 36.4 Å². The Bertz CT molecular complexity index is 1080. The Morgan fingerprint density at radius 1 is 1.13 bits per heavy atom. The summed E-state index contributed by atoms with van der Waals surface area (Å²) in [5.41, 5.74) is 0.927. The third-order valence-electron chi connectivity index (χ3n) is 6.63. The van der Waals surface area contributed by atoms with Gasteiger partial charge in [-0.2, -0.15) is 8.42 Å². The number of hydrogen-bond donors (Lipinski definition) is 0. The third-order valence-corrected chi connectivity index (χ3v) is 8.03. The monoisotopic (exact) mass is 446 g/mol. The van der Waals surface area contributed by atoms with Crippen LogP contribution in [0, 0.1) is 5.92 Å². The number of rotatable bonds is 6. The zero-order valence-corrected chi connectivity index (χ0v) is 19.3. The Labute approximate surface area is 184 Å². The van der Waals surface area contributed by atoms with Crippen LogP contribution in [0.1, 0.15) is 26.2 Å². The molecule has 2 bridgehead atoms. The average molecular weight is 447 g/mol. The van der Waals surface area contributed by atoms with Gasteiger partial charge in [-0.3, -0.25) is 13.9 Å². The van der Waals surface area contributed by atoms with Crippen LogP contribution in [-0.4, -0.2) is 65.2 Å².